The maximum Gasteiger partial charge on any atom is 0.325 e. The molecule has 0 saturated carbocycles. The predicted octanol–water partition coefficient (Wildman–Crippen LogP) is -0.619. The van der Waals surface area contributed by atoms with Gasteiger partial charge in [-0.3, -0.25) is 4.90 Å². The number of aliphatic hydroxyl groups excluding tert-OH is 1. The van der Waals surface area contributed by atoms with Crippen LogP contribution in [0.4, 0.5) is 9.18 Å². The molecule has 0 bridgehead atoms. The molecule has 2 aliphatic rings. The highest BCUT2D eigenvalue weighted by molar-refractivity contribution is 5.77. The van der Waals surface area contributed by atoms with Crippen molar-refractivity contribution in [1.82, 2.24) is 10.2 Å². The number of carbonyl (C=O) groups excluding carboxylic acids is 1. The van der Waals surface area contributed by atoms with Gasteiger partial charge in [-0.15, -0.1) is 0 Å². The average molecular weight is 229 g/mol. The monoisotopic (exact) mass is 229 g/mol. The van der Waals surface area contributed by atoms with Crippen molar-refractivity contribution < 1.29 is 19.0 Å². The molecule has 6 nitrogen and oxygen atoms in total. The SMILES string of the molecule is NC1NC(=O)N(C2C=CC(CO)O2)C=C1F. The van der Waals surface area contributed by atoms with E-state index in [-0.39, 0.29) is 6.61 Å². The molecule has 2 rings (SSSR count). The summed E-state index contributed by atoms with van der Waals surface area (Å²) < 4.78 is 18.4. The molecule has 4 N–H and O–H groups in total. The van der Waals surface area contributed by atoms with E-state index in [4.69, 9.17) is 15.6 Å². The summed E-state index contributed by atoms with van der Waals surface area (Å²) in [5, 5.41) is 11.1. The van der Waals surface area contributed by atoms with E-state index in [0.717, 1.165) is 11.1 Å². The molecular weight excluding hydrogens is 217 g/mol. The molecule has 0 aromatic carbocycles. The lowest BCUT2D eigenvalue weighted by molar-refractivity contribution is -0.0250. The summed E-state index contributed by atoms with van der Waals surface area (Å²) in [5.41, 5.74) is 5.28. The van der Waals surface area contributed by atoms with Gasteiger partial charge in [0.05, 0.1) is 6.61 Å². The fourth-order valence-corrected chi connectivity index (χ4v) is 1.49. The average Bonchev–Trinajstić information content (AvgIpc) is 2.71. The van der Waals surface area contributed by atoms with Gasteiger partial charge in [0.2, 0.25) is 0 Å². The van der Waals surface area contributed by atoms with Gasteiger partial charge in [0.15, 0.2) is 12.1 Å². The Balaban J connectivity index is 2.11. The first-order valence-electron chi connectivity index (χ1n) is 4.78. The number of amides is 2. The zero-order valence-corrected chi connectivity index (χ0v) is 8.34. The third-order valence-electron chi connectivity index (χ3n) is 2.33. The number of hydrogen-bond acceptors (Lipinski definition) is 4. The van der Waals surface area contributed by atoms with Crippen molar-refractivity contribution in [1.29, 1.82) is 0 Å². The Morgan fingerprint density at radius 2 is 2.38 bits per heavy atom. The van der Waals surface area contributed by atoms with E-state index < -0.39 is 30.4 Å². The van der Waals surface area contributed by atoms with Crippen molar-refractivity contribution in [2.75, 3.05) is 6.61 Å². The first kappa shape index (κ1) is 11.1. The maximum absolute atomic E-state index is 13.2. The third kappa shape index (κ3) is 1.92. The number of urea groups is 1. The Hall–Kier alpha value is -1.44. The third-order valence-corrected chi connectivity index (χ3v) is 2.33. The Kier molecular flexibility index (Phi) is 2.90. The number of ether oxygens (including phenoxy) is 1. The van der Waals surface area contributed by atoms with Crippen molar-refractivity contribution in [2.45, 2.75) is 18.5 Å². The second-order valence-electron chi connectivity index (χ2n) is 3.48. The molecule has 88 valence electrons. The first-order valence-corrected chi connectivity index (χ1v) is 4.78. The van der Waals surface area contributed by atoms with Crippen LogP contribution in [0, 0.1) is 0 Å². The van der Waals surface area contributed by atoms with Crippen LogP contribution in [-0.2, 0) is 4.74 Å². The molecule has 0 fully saturated rings. The molecule has 7 heteroatoms. The van der Waals surface area contributed by atoms with Gasteiger partial charge in [0, 0.05) is 6.20 Å². The van der Waals surface area contributed by atoms with E-state index in [1.807, 2.05) is 0 Å². The largest absolute Gasteiger partial charge is 0.393 e. The van der Waals surface area contributed by atoms with E-state index in [9.17, 15) is 9.18 Å². The van der Waals surface area contributed by atoms with Crippen molar-refractivity contribution >= 4 is 6.03 Å². The number of nitrogens with one attached hydrogen (secondary N) is 1. The summed E-state index contributed by atoms with van der Waals surface area (Å²) in [6, 6.07) is -0.540. The molecule has 3 unspecified atom stereocenters. The van der Waals surface area contributed by atoms with E-state index in [0.29, 0.717) is 0 Å². The summed E-state index contributed by atoms with van der Waals surface area (Å²) in [5.74, 6) is -0.649. The highest BCUT2D eigenvalue weighted by atomic mass is 19.1. The van der Waals surface area contributed by atoms with Crippen molar-refractivity contribution in [2.24, 2.45) is 5.73 Å². The van der Waals surface area contributed by atoms with Crippen LogP contribution in [0.5, 0.6) is 0 Å². The van der Waals surface area contributed by atoms with Gasteiger partial charge >= 0.3 is 6.03 Å². The van der Waals surface area contributed by atoms with Gasteiger partial charge in [-0.2, -0.15) is 0 Å². The van der Waals surface area contributed by atoms with Gasteiger partial charge in [0.1, 0.15) is 12.3 Å². The second kappa shape index (κ2) is 4.20. The molecule has 0 aromatic heterocycles. The molecule has 0 aromatic rings. The van der Waals surface area contributed by atoms with Crippen LogP contribution in [0.3, 0.4) is 0 Å². The molecule has 2 heterocycles. The maximum atomic E-state index is 13.2. The number of nitrogens with zero attached hydrogens (tertiary/aromatic N) is 1. The summed E-state index contributed by atoms with van der Waals surface area (Å²) in [6.07, 6.45) is 1.89. The predicted molar refractivity (Wildman–Crippen MR) is 52.4 cm³/mol. The van der Waals surface area contributed by atoms with Crippen LogP contribution in [-0.4, -0.2) is 41.1 Å². The Labute approximate surface area is 91.2 Å². The van der Waals surface area contributed by atoms with Crippen molar-refractivity contribution in [3.05, 3.63) is 24.2 Å². The van der Waals surface area contributed by atoms with Crippen LogP contribution in [0.15, 0.2) is 24.2 Å². The van der Waals surface area contributed by atoms with Crippen LogP contribution in [0.1, 0.15) is 0 Å². The minimum Gasteiger partial charge on any atom is -0.393 e. The second-order valence-corrected chi connectivity index (χ2v) is 3.48. The molecule has 0 saturated heterocycles. The van der Waals surface area contributed by atoms with Crippen LogP contribution in [0.25, 0.3) is 0 Å². The molecule has 0 radical (unpaired) electrons. The lowest BCUT2D eigenvalue weighted by Crippen LogP contribution is -2.54. The van der Waals surface area contributed by atoms with E-state index in [2.05, 4.69) is 5.32 Å². The fraction of sp³-hybridized carbons (Fsp3) is 0.444. The summed E-state index contributed by atoms with van der Waals surface area (Å²) >= 11 is 0. The topological polar surface area (TPSA) is 87.8 Å². The van der Waals surface area contributed by atoms with Crippen LogP contribution in [0.2, 0.25) is 0 Å². The normalized spacial score (nSPS) is 33.9. The number of nitrogens with two attached hydrogens (primary N) is 1. The molecular formula is C9H12FN3O3. The molecule has 2 aliphatic heterocycles. The zero-order chi connectivity index (χ0) is 11.7. The van der Waals surface area contributed by atoms with Crippen LogP contribution >= 0.6 is 0 Å². The van der Waals surface area contributed by atoms with Crippen LogP contribution < -0.4 is 11.1 Å². The van der Waals surface area contributed by atoms with E-state index in [1.165, 1.54) is 0 Å². The highest BCUT2D eigenvalue weighted by Gasteiger charge is 2.32. The highest BCUT2D eigenvalue weighted by Crippen LogP contribution is 2.19. The van der Waals surface area contributed by atoms with Gasteiger partial charge < -0.3 is 20.9 Å². The lowest BCUT2D eigenvalue weighted by atomic mass is 10.3. The zero-order valence-electron chi connectivity index (χ0n) is 8.34. The Bertz CT molecular complexity index is 358. The fourth-order valence-electron chi connectivity index (χ4n) is 1.49. The lowest BCUT2D eigenvalue weighted by Gasteiger charge is -2.30. The van der Waals surface area contributed by atoms with Gasteiger partial charge in [-0.05, 0) is 6.08 Å². The summed E-state index contributed by atoms with van der Waals surface area (Å²) in [4.78, 5) is 12.5. The van der Waals surface area contributed by atoms with E-state index >= 15 is 0 Å². The molecule has 16 heavy (non-hydrogen) atoms. The number of halogens is 1. The van der Waals surface area contributed by atoms with Crippen molar-refractivity contribution in [3.63, 3.8) is 0 Å². The number of carbonyl (C=O) groups is 1. The van der Waals surface area contributed by atoms with Crippen molar-refractivity contribution in [3.8, 4) is 0 Å². The number of rotatable bonds is 2. The van der Waals surface area contributed by atoms with Gasteiger partial charge in [-0.25, -0.2) is 9.18 Å². The molecule has 3 atom stereocenters. The van der Waals surface area contributed by atoms with Gasteiger partial charge in [-0.1, -0.05) is 6.08 Å². The summed E-state index contributed by atoms with van der Waals surface area (Å²) in [6.45, 7) is -0.186. The number of aliphatic hydroxyl groups is 1. The smallest absolute Gasteiger partial charge is 0.325 e. The Morgan fingerprint density at radius 3 is 3.00 bits per heavy atom. The quantitative estimate of drug-likeness (QED) is 0.551. The minimum atomic E-state index is -1.11. The Morgan fingerprint density at radius 1 is 1.62 bits per heavy atom. The molecule has 0 aliphatic carbocycles. The van der Waals surface area contributed by atoms with E-state index in [1.54, 1.807) is 12.2 Å². The van der Waals surface area contributed by atoms with Gasteiger partial charge in [0.25, 0.3) is 0 Å². The summed E-state index contributed by atoms with van der Waals surface area (Å²) in [7, 11) is 0. The minimum absolute atomic E-state index is 0.186. The number of hydrogen-bond donors (Lipinski definition) is 3. The molecule has 2 amide bonds. The molecule has 0 spiro atoms. The first-order chi connectivity index (χ1) is 7.61. The standard InChI is InChI=1S/C9H12FN3O3/c10-6-3-13(9(15)12-8(6)11)7-2-1-5(4-14)16-7/h1-3,5,7-8,14H,4,11H2,(H,12,15).